The zero-order chi connectivity index (χ0) is 30.5. The number of ether oxygens (including phenoxy) is 1. The Morgan fingerprint density at radius 1 is 1.12 bits per heavy atom. The van der Waals surface area contributed by atoms with Crippen LogP contribution in [0.2, 0.25) is 0 Å². The largest absolute Gasteiger partial charge is 0.495 e. The Balaban J connectivity index is 1.36. The van der Waals surface area contributed by atoms with Crippen molar-refractivity contribution < 1.29 is 14.3 Å². The molecule has 0 bridgehead atoms. The van der Waals surface area contributed by atoms with E-state index in [9.17, 15) is 9.59 Å². The lowest BCUT2D eigenvalue weighted by molar-refractivity contribution is -0.120. The van der Waals surface area contributed by atoms with Crippen molar-refractivity contribution in [3.05, 3.63) is 30.0 Å². The maximum absolute atomic E-state index is 13.4. The van der Waals surface area contributed by atoms with E-state index in [4.69, 9.17) is 9.72 Å². The summed E-state index contributed by atoms with van der Waals surface area (Å²) in [6, 6.07) is 5.43. The van der Waals surface area contributed by atoms with Gasteiger partial charge in [0, 0.05) is 37.8 Å². The Kier molecular flexibility index (Phi) is 9.68. The van der Waals surface area contributed by atoms with Crippen LogP contribution < -0.4 is 25.2 Å². The molecule has 0 spiro atoms. The highest BCUT2D eigenvalue weighted by Crippen LogP contribution is 2.39. The fraction of sp³-hybridized carbons (Fsp3) is 0.562. The fourth-order valence-corrected chi connectivity index (χ4v) is 6.29. The van der Waals surface area contributed by atoms with Gasteiger partial charge >= 0.3 is 0 Å². The molecule has 11 heteroatoms. The molecule has 11 nitrogen and oxygen atoms in total. The van der Waals surface area contributed by atoms with Gasteiger partial charge in [-0.2, -0.15) is 4.98 Å². The first-order chi connectivity index (χ1) is 20.8. The number of carbonyl (C=O) groups excluding carboxylic acids is 2. The van der Waals surface area contributed by atoms with Crippen LogP contribution in [0.5, 0.6) is 5.75 Å². The number of carbonyl (C=O) groups is 2. The maximum Gasteiger partial charge on any atom is 0.251 e. The maximum atomic E-state index is 13.4. The lowest BCUT2D eigenvalue weighted by Gasteiger charge is -2.46. The molecule has 0 unspecified atom stereocenters. The molecule has 43 heavy (non-hydrogen) atoms. The summed E-state index contributed by atoms with van der Waals surface area (Å²) in [4.78, 5) is 44.5. The zero-order valence-corrected chi connectivity index (χ0v) is 26.0. The molecule has 2 amide bonds. The van der Waals surface area contributed by atoms with Crippen molar-refractivity contribution in [2.75, 3.05) is 69.0 Å². The van der Waals surface area contributed by atoms with Crippen molar-refractivity contribution in [1.82, 2.24) is 25.1 Å². The second kappa shape index (κ2) is 13.6. The number of fused-ring (bicyclic) bond motifs is 1. The molecule has 4 heterocycles. The van der Waals surface area contributed by atoms with E-state index in [1.807, 2.05) is 13.0 Å². The van der Waals surface area contributed by atoms with Crippen LogP contribution in [0.25, 0.3) is 0 Å². The van der Waals surface area contributed by atoms with Crippen LogP contribution in [0.1, 0.15) is 56.3 Å². The van der Waals surface area contributed by atoms with Gasteiger partial charge in [-0.3, -0.25) is 14.5 Å². The number of aromatic nitrogens is 2. The average molecular weight is 589 g/mol. The van der Waals surface area contributed by atoms with Gasteiger partial charge in [-0.25, -0.2) is 4.98 Å². The normalized spacial score (nSPS) is 20.3. The summed E-state index contributed by atoms with van der Waals surface area (Å²) in [5.74, 6) is 7.79. The molecule has 0 radical (unpaired) electrons. The summed E-state index contributed by atoms with van der Waals surface area (Å²) >= 11 is 0. The first-order valence-corrected chi connectivity index (χ1v) is 15.3. The number of benzene rings is 1. The van der Waals surface area contributed by atoms with E-state index in [0.717, 1.165) is 64.2 Å². The number of likely N-dealkylation sites (N-methyl/N-ethyl adjacent to an activating group) is 1. The van der Waals surface area contributed by atoms with Gasteiger partial charge in [-0.1, -0.05) is 12.8 Å². The number of amides is 2. The minimum atomic E-state index is -0.288. The van der Waals surface area contributed by atoms with Crippen LogP contribution in [0.4, 0.5) is 23.1 Å². The van der Waals surface area contributed by atoms with Crippen molar-refractivity contribution in [1.29, 1.82) is 0 Å². The molecule has 3 aliphatic rings. The third-order valence-corrected chi connectivity index (χ3v) is 8.89. The quantitative estimate of drug-likeness (QED) is 0.450. The molecule has 5 rings (SSSR count). The topological polar surface area (TPSA) is 106 Å². The molecule has 1 atom stereocenters. The summed E-state index contributed by atoms with van der Waals surface area (Å²) in [6.45, 7) is 8.50. The third-order valence-electron chi connectivity index (χ3n) is 8.89. The number of anilines is 4. The Labute approximate surface area is 255 Å². The van der Waals surface area contributed by atoms with Crippen molar-refractivity contribution in [2.45, 2.75) is 64.1 Å². The molecule has 1 aromatic carbocycles. The molecule has 2 saturated heterocycles. The molecule has 3 aliphatic heterocycles. The number of hydrogen-bond acceptors (Lipinski definition) is 9. The number of methoxy groups -OCH3 is 1. The van der Waals surface area contributed by atoms with Gasteiger partial charge in [0.2, 0.25) is 11.9 Å². The highest BCUT2D eigenvalue weighted by atomic mass is 16.5. The van der Waals surface area contributed by atoms with E-state index >= 15 is 0 Å². The molecule has 0 aliphatic carbocycles. The van der Waals surface area contributed by atoms with E-state index in [-0.39, 0.29) is 29.9 Å². The van der Waals surface area contributed by atoms with Gasteiger partial charge in [0.15, 0.2) is 5.82 Å². The highest BCUT2D eigenvalue weighted by Gasteiger charge is 2.41. The second-order valence-electron chi connectivity index (χ2n) is 11.7. The number of piperidine rings is 2. The van der Waals surface area contributed by atoms with E-state index in [1.165, 1.54) is 0 Å². The number of nitrogens with zero attached hydrogens (tertiary/aromatic N) is 6. The first-order valence-electron chi connectivity index (χ1n) is 15.3. The number of rotatable bonds is 8. The van der Waals surface area contributed by atoms with E-state index in [0.29, 0.717) is 35.1 Å². The lowest BCUT2D eigenvalue weighted by atomic mass is 9.97. The summed E-state index contributed by atoms with van der Waals surface area (Å²) in [5, 5.41) is 6.46. The van der Waals surface area contributed by atoms with E-state index in [2.05, 4.69) is 56.1 Å². The average Bonchev–Trinajstić information content (AvgIpc) is 3.03. The van der Waals surface area contributed by atoms with E-state index < -0.39 is 0 Å². The van der Waals surface area contributed by atoms with Gasteiger partial charge in [-0.15, -0.1) is 5.92 Å². The molecular formula is C32H44N8O3. The predicted octanol–water partition coefficient (Wildman–Crippen LogP) is 3.10. The smallest absolute Gasteiger partial charge is 0.251 e. The minimum Gasteiger partial charge on any atom is -0.495 e. The Morgan fingerprint density at radius 3 is 2.53 bits per heavy atom. The second-order valence-corrected chi connectivity index (χ2v) is 11.7. The summed E-state index contributed by atoms with van der Waals surface area (Å²) < 4.78 is 5.66. The molecule has 2 aromatic rings. The molecule has 230 valence electrons. The molecule has 1 aromatic heterocycles. The standard InChI is InChI=1S/C32H44N8O3/c1-6-8-15-39-18-13-24(14-19-39)40-26(7-2)31(42)38(4)27-21-33-32(36-29(27)40)35-25-10-9-22(20-28(25)43-5)30(41)34-23-11-16-37(3)17-12-23/h9-10,20-21,23-24,26H,7,11-19H2,1-5H3,(H,34,41)(H,33,35,36)/t26-/m1/s1. The summed E-state index contributed by atoms with van der Waals surface area (Å²) in [5.41, 5.74) is 1.90. The highest BCUT2D eigenvalue weighted by molar-refractivity contribution is 6.04. The number of nitrogens with one attached hydrogen (secondary N) is 2. The van der Waals surface area contributed by atoms with Crippen molar-refractivity contribution in [3.63, 3.8) is 0 Å². The first kappa shape index (κ1) is 30.6. The van der Waals surface area contributed by atoms with Crippen LogP contribution >= 0.6 is 0 Å². The van der Waals surface area contributed by atoms with Crippen molar-refractivity contribution >= 4 is 35.0 Å². The van der Waals surface area contributed by atoms with Crippen LogP contribution in [0.3, 0.4) is 0 Å². The Morgan fingerprint density at radius 2 is 1.86 bits per heavy atom. The fourth-order valence-electron chi connectivity index (χ4n) is 6.29. The van der Waals surface area contributed by atoms with Crippen LogP contribution in [-0.4, -0.2) is 104 Å². The minimum absolute atomic E-state index is 0.0642. The van der Waals surface area contributed by atoms with Gasteiger partial charge < -0.3 is 30.1 Å². The predicted molar refractivity (Wildman–Crippen MR) is 169 cm³/mol. The van der Waals surface area contributed by atoms with Crippen LogP contribution in [0.15, 0.2) is 24.4 Å². The van der Waals surface area contributed by atoms with Gasteiger partial charge in [-0.05, 0) is 77.4 Å². The molecular weight excluding hydrogens is 544 g/mol. The zero-order valence-electron chi connectivity index (χ0n) is 26.0. The van der Waals surface area contributed by atoms with Crippen molar-refractivity contribution in [3.8, 4) is 17.6 Å². The molecule has 0 saturated carbocycles. The van der Waals surface area contributed by atoms with Crippen LogP contribution in [0, 0.1) is 11.8 Å². The molecule has 2 N–H and O–H groups in total. The van der Waals surface area contributed by atoms with Gasteiger partial charge in [0.25, 0.3) is 5.91 Å². The monoisotopic (exact) mass is 588 g/mol. The molecule has 2 fully saturated rings. The summed E-state index contributed by atoms with van der Waals surface area (Å²) in [6.07, 6.45) is 6.14. The third kappa shape index (κ3) is 6.71. The lowest BCUT2D eigenvalue weighted by Crippen LogP contribution is -2.58. The Hall–Kier alpha value is -3.88. The van der Waals surface area contributed by atoms with Gasteiger partial charge in [0.05, 0.1) is 25.5 Å². The van der Waals surface area contributed by atoms with Crippen LogP contribution in [-0.2, 0) is 4.79 Å². The summed E-state index contributed by atoms with van der Waals surface area (Å²) in [7, 11) is 5.48. The Bertz CT molecular complexity index is 1370. The van der Waals surface area contributed by atoms with Gasteiger partial charge in [0.1, 0.15) is 17.5 Å². The van der Waals surface area contributed by atoms with Crippen molar-refractivity contribution in [2.24, 2.45) is 0 Å². The number of hydrogen-bond donors (Lipinski definition) is 2. The number of likely N-dealkylation sites (tertiary alicyclic amines) is 2. The SMILES string of the molecule is CC#CCN1CCC(N2c3nc(Nc4ccc(C(=O)NC5CCN(C)CC5)cc4OC)ncc3N(C)C(=O)[C@H]2CC)CC1. The van der Waals surface area contributed by atoms with E-state index in [1.54, 1.807) is 37.4 Å².